The van der Waals surface area contributed by atoms with Gasteiger partial charge in [-0.1, -0.05) is 6.92 Å². The quantitative estimate of drug-likeness (QED) is 0.656. The molecule has 0 spiro atoms. The third kappa shape index (κ3) is 2.64. The molecule has 1 aromatic rings. The standard InChI is InChI=1S/C12H19N5O3/c1-4-9-6-20-7(2)5-16(9)11-10(17(18)19)8(3)14-12(13)15-11/h7,9H,4-6H2,1-3H3,(H2,13,14,15). The lowest BCUT2D eigenvalue weighted by Crippen LogP contribution is -2.49. The number of nitrogens with two attached hydrogens (primary N) is 1. The molecule has 1 aromatic heterocycles. The highest BCUT2D eigenvalue weighted by molar-refractivity contribution is 5.62. The number of morpholine rings is 1. The van der Waals surface area contributed by atoms with Gasteiger partial charge in [-0.25, -0.2) is 4.98 Å². The summed E-state index contributed by atoms with van der Waals surface area (Å²) in [6, 6.07) is 0.0543. The highest BCUT2D eigenvalue weighted by Crippen LogP contribution is 2.32. The summed E-state index contributed by atoms with van der Waals surface area (Å²) < 4.78 is 5.61. The van der Waals surface area contributed by atoms with E-state index in [1.807, 2.05) is 18.7 Å². The van der Waals surface area contributed by atoms with Gasteiger partial charge in [-0.3, -0.25) is 10.1 Å². The predicted molar refractivity (Wildman–Crippen MR) is 74.7 cm³/mol. The highest BCUT2D eigenvalue weighted by Gasteiger charge is 2.33. The van der Waals surface area contributed by atoms with E-state index in [-0.39, 0.29) is 29.5 Å². The lowest BCUT2D eigenvalue weighted by molar-refractivity contribution is -0.385. The molecule has 1 aliphatic rings. The van der Waals surface area contributed by atoms with Crippen LogP contribution < -0.4 is 10.6 Å². The van der Waals surface area contributed by atoms with Crippen molar-refractivity contribution in [3.8, 4) is 0 Å². The summed E-state index contributed by atoms with van der Waals surface area (Å²) in [7, 11) is 0. The van der Waals surface area contributed by atoms with Crippen molar-refractivity contribution in [1.82, 2.24) is 9.97 Å². The van der Waals surface area contributed by atoms with Crippen molar-refractivity contribution in [3.63, 3.8) is 0 Å². The second-order valence-electron chi connectivity index (χ2n) is 4.95. The topological polar surface area (TPSA) is 107 Å². The molecule has 0 aromatic carbocycles. The van der Waals surface area contributed by atoms with Gasteiger partial charge in [0.25, 0.3) is 0 Å². The maximum absolute atomic E-state index is 11.3. The van der Waals surface area contributed by atoms with Gasteiger partial charge in [0.1, 0.15) is 5.69 Å². The normalized spacial score (nSPS) is 22.9. The summed E-state index contributed by atoms with van der Waals surface area (Å²) in [5.41, 5.74) is 5.86. The van der Waals surface area contributed by atoms with Gasteiger partial charge >= 0.3 is 5.69 Å². The average molecular weight is 281 g/mol. The smallest absolute Gasteiger partial charge is 0.332 e. The average Bonchev–Trinajstić information content (AvgIpc) is 2.37. The molecular formula is C12H19N5O3. The van der Waals surface area contributed by atoms with Gasteiger partial charge in [0, 0.05) is 6.54 Å². The van der Waals surface area contributed by atoms with E-state index in [2.05, 4.69) is 9.97 Å². The fourth-order valence-corrected chi connectivity index (χ4v) is 2.43. The molecule has 0 amide bonds. The van der Waals surface area contributed by atoms with Crippen LogP contribution in [0.3, 0.4) is 0 Å². The van der Waals surface area contributed by atoms with Gasteiger partial charge in [0.05, 0.1) is 23.7 Å². The van der Waals surface area contributed by atoms with Crippen molar-refractivity contribution >= 4 is 17.5 Å². The zero-order valence-electron chi connectivity index (χ0n) is 11.9. The SMILES string of the molecule is CCC1COC(C)CN1c1nc(N)nc(C)c1[N+](=O)[O-]. The number of aromatic nitrogens is 2. The minimum Gasteiger partial charge on any atom is -0.375 e. The molecule has 2 atom stereocenters. The van der Waals surface area contributed by atoms with Crippen LogP contribution in [0.2, 0.25) is 0 Å². The maximum atomic E-state index is 11.3. The Morgan fingerprint density at radius 3 is 2.85 bits per heavy atom. The number of nitro groups is 1. The Morgan fingerprint density at radius 1 is 1.55 bits per heavy atom. The number of ether oxygens (including phenoxy) is 1. The van der Waals surface area contributed by atoms with Crippen LogP contribution in [-0.4, -0.2) is 40.2 Å². The Hall–Kier alpha value is -1.96. The van der Waals surface area contributed by atoms with Crippen LogP contribution in [0.15, 0.2) is 0 Å². The number of nitrogen functional groups attached to an aromatic ring is 1. The molecule has 8 heteroatoms. The molecule has 0 saturated carbocycles. The second kappa shape index (κ2) is 5.58. The minimum atomic E-state index is -0.447. The molecule has 2 N–H and O–H groups in total. The first-order chi connectivity index (χ1) is 9.43. The van der Waals surface area contributed by atoms with Gasteiger partial charge in [0.15, 0.2) is 0 Å². The Balaban J connectivity index is 2.51. The lowest BCUT2D eigenvalue weighted by Gasteiger charge is -2.38. The molecule has 0 bridgehead atoms. The van der Waals surface area contributed by atoms with Crippen LogP contribution in [-0.2, 0) is 4.74 Å². The molecule has 2 unspecified atom stereocenters. The minimum absolute atomic E-state index is 0.00565. The molecular weight excluding hydrogens is 262 g/mol. The van der Waals surface area contributed by atoms with Crippen LogP contribution >= 0.6 is 0 Å². The number of hydrogen-bond acceptors (Lipinski definition) is 7. The molecule has 0 aliphatic carbocycles. The lowest BCUT2D eigenvalue weighted by atomic mass is 10.1. The van der Waals surface area contributed by atoms with Gasteiger partial charge < -0.3 is 15.4 Å². The number of nitrogens with zero attached hydrogens (tertiary/aromatic N) is 4. The van der Waals surface area contributed by atoms with E-state index >= 15 is 0 Å². The molecule has 1 aliphatic heterocycles. The zero-order valence-corrected chi connectivity index (χ0v) is 11.9. The Morgan fingerprint density at radius 2 is 2.25 bits per heavy atom. The van der Waals surface area contributed by atoms with Crippen LogP contribution in [0, 0.1) is 17.0 Å². The van der Waals surface area contributed by atoms with Crippen molar-refractivity contribution in [2.75, 3.05) is 23.8 Å². The van der Waals surface area contributed by atoms with E-state index in [0.717, 1.165) is 6.42 Å². The van der Waals surface area contributed by atoms with Crippen LogP contribution in [0.25, 0.3) is 0 Å². The number of anilines is 2. The van der Waals surface area contributed by atoms with E-state index < -0.39 is 4.92 Å². The number of hydrogen-bond donors (Lipinski definition) is 1. The van der Waals surface area contributed by atoms with Crippen LogP contribution in [0.5, 0.6) is 0 Å². The number of aryl methyl sites for hydroxylation is 1. The molecule has 1 fully saturated rings. The Labute approximate surface area is 117 Å². The van der Waals surface area contributed by atoms with E-state index in [1.165, 1.54) is 0 Å². The zero-order chi connectivity index (χ0) is 14.9. The molecule has 2 rings (SSSR count). The fourth-order valence-electron chi connectivity index (χ4n) is 2.43. The van der Waals surface area contributed by atoms with Crippen molar-refractivity contribution < 1.29 is 9.66 Å². The number of rotatable bonds is 3. The van der Waals surface area contributed by atoms with Gasteiger partial charge in [-0.2, -0.15) is 4.98 Å². The maximum Gasteiger partial charge on any atom is 0.332 e. The summed E-state index contributed by atoms with van der Waals surface area (Å²) in [5, 5.41) is 11.3. The molecule has 2 heterocycles. The summed E-state index contributed by atoms with van der Waals surface area (Å²) in [6.45, 7) is 6.60. The summed E-state index contributed by atoms with van der Waals surface area (Å²) in [5.74, 6) is 0.346. The van der Waals surface area contributed by atoms with E-state index in [0.29, 0.717) is 19.0 Å². The van der Waals surface area contributed by atoms with Crippen LogP contribution in [0.1, 0.15) is 26.0 Å². The Bertz CT molecular complexity index is 522. The second-order valence-corrected chi connectivity index (χ2v) is 4.95. The van der Waals surface area contributed by atoms with Crippen molar-refractivity contribution in [2.45, 2.75) is 39.3 Å². The predicted octanol–water partition coefficient (Wildman–Crippen LogP) is 1.28. The van der Waals surface area contributed by atoms with E-state index in [9.17, 15) is 10.1 Å². The molecule has 1 saturated heterocycles. The van der Waals surface area contributed by atoms with Crippen molar-refractivity contribution in [2.24, 2.45) is 0 Å². The van der Waals surface area contributed by atoms with Gasteiger partial charge in [0.2, 0.25) is 11.8 Å². The third-order valence-electron chi connectivity index (χ3n) is 3.45. The first kappa shape index (κ1) is 14.4. The van der Waals surface area contributed by atoms with Crippen LogP contribution in [0.4, 0.5) is 17.5 Å². The van der Waals surface area contributed by atoms with E-state index in [1.54, 1.807) is 6.92 Å². The summed E-state index contributed by atoms with van der Waals surface area (Å²) >= 11 is 0. The first-order valence-corrected chi connectivity index (χ1v) is 6.60. The molecule has 0 radical (unpaired) electrons. The monoisotopic (exact) mass is 281 g/mol. The molecule has 110 valence electrons. The third-order valence-corrected chi connectivity index (χ3v) is 3.45. The van der Waals surface area contributed by atoms with Crippen molar-refractivity contribution in [1.29, 1.82) is 0 Å². The molecule has 20 heavy (non-hydrogen) atoms. The summed E-state index contributed by atoms with van der Waals surface area (Å²) in [6.07, 6.45) is 0.807. The fraction of sp³-hybridized carbons (Fsp3) is 0.667. The Kier molecular flexibility index (Phi) is 4.03. The van der Waals surface area contributed by atoms with Gasteiger partial charge in [-0.15, -0.1) is 0 Å². The van der Waals surface area contributed by atoms with E-state index in [4.69, 9.17) is 10.5 Å². The summed E-state index contributed by atoms with van der Waals surface area (Å²) in [4.78, 5) is 20.8. The largest absolute Gasteiger partial charge is 0.375 e. The highest BCUT2D eigenvalue weighted by atomic mass is 16.6. The first-order valence-electron chi connectivity index (χ1n) is 6.60. The molecule has 8 nitrogen and oxygen atoms in total. The van der Waals surface area contributed by atoms with Crippen molar-refractivity contribution in [3.05, 3.63) is 15.8 Å². The van der Waals surface area contributed by atoms with Gasteiger partial charge in [-0.05, 0) is 20.3 Å².